The molecule has 7 heteroatoms. The van der Waals surface area contributed by atoms with Crippen molar-refractivity contribution in [3.8, 4) is 17.6 Å². The normalized spacial score (nSPS) is 10.7. The number of hydrogen-bond donors (Lipinski definition) is 0. The third-order valence-electron chi connectivity index (χ3n) is 4.22. The Hall–Kier alpha value is -4.44. The Kier molecular flexibility index (Phi) is 6.20. The molecule has 0 saturated carbocycles. The minimum Gasteiger partial charge on any atom is -0.493 e. The van der Waals surface area contributed by atoms with Crippen LogP contribution < -0.4 is 9.47 Å². The number of methoxy groups -OCH3 is 1. The summed E-state index contributed by atoms with van der Waals surface area (Å²) in [6.07, 6.45) is 1.71. The van der Waals surface area contributed by atoms with Crippen molar-refractivity contribution in [2.24, 2.45) is 0 Å². The van der Waals surface area contributed by atoms with Crippen molar-refractivity contribution < 1.29 is 19.2 Å². The molecule has 30 heavy (non-hydrogen) atoms. The smallest absolute Gasteiger partial charge is 0.343 e. The molecule has 0 bridgehead atoms. The Balaban J connectivity index is 1.83. The molecule has 7 nitrogen and oxygen atoms in total. The van der Waals surface area contributed by atoms with Gasteiger partial charge in [-0.3, -0.25) is 10.1 Å². The lowest BCUT2D eigenvalue weighted by Gasteiger charge is -2.10. The fourth-order valence-electron chi connectivity index (χ4n) is 2.70. The number of nitriles is 1. The number of benzene rings is 3. The van der Waals surface area contributed by atoms with Crippen LogP contribution in [0.15, 0.2) is 72.8 Å². The molecule has 0 N–H and O–H groups in total. The van der Waals surface area contributed by atoms with Crippen LogP contribution in [-0.4, -0.2) is 18.0 Å². The lowest BCUT2D eigenvalue weighted by Crippen LogP contribution is -2.09. The molecular formula is C23H16N2O5. The van der Waals surface area contributed by atoms with E-state index in [2.05, 4.69) is 6.07 Å². The fourth-order valence-corrected chi connectivity index (χ4v) is 2.70. The highest BCUT2D eigenvalue weighted by Gasteiger charge is 2.14. The Labute approximate surface area is 172 Å². The third-order valence-corrected chi connectivity index (χ3v) is 4.22. The number of carbonyl (C=O) groups is 1. The van der Waals surface area contributed by atoms with Gasteiger partial charge < -0.3 is 9.47 Å². The summed E-state index contributed by atoms with van der Waals surface area (Å²) in [6.45, 7) is 0. The molecule has 0 aliphatic heterocycles. The molecule has 148 valence electrons. The molecule has 3 aromatic rings. The molecular weight excluding hydrogens is 384 g/mol. The van der Waals surface area contributed by atoms with Gasteiger partial charge in [-0.15, -0.1) is 0 Å². The van der Waals surface area contributed by atoms with Gasteiger partial charge in [0.1, 0.15) is 0 Å². The zero-order valence-corrected chi connectivity index (χ0v) is 15.9. The van der Waals surface area contributed by atoms with Gasteiger partial charge >= 0.3 is 5.97 Å². The summed E-state index contributed by atoms with van der Waals surface area (Å²) < 4.78 is 10.7. The van der Waals surface area contributed by atoms with E-state index in [9.17, 15) is 20.2 Å². The lowest BCUT2D eigenvalue weighted by molar-refractivity contribution is -0.384. The largest absolute Gasteiger partial charge is 0.493 e. The Morgan fingerprint density at radius 3 is 2.30 bits per heavy atom. The first kappa shape index (κ1) is 20.3. The zero-order valence-electron chi connectivity index (χ0n) is 15.9. The van der Waals surface area contributed by atoms with E-state index in [4.69, 9.17) is 9.47 Å². The van der Waals surface area contributed by atoms with E-state index in [1.54, 1.807) is 24.3 Å². The van der Waals surface area contributed by atoms with Crippen molar-refractivity contribution in [1.29, 1.82) is 5.26 Å². The molecule has 0 unspecified atom stereocenters. The first-order valence-electron chi connectivity index (χ1n) is 8.83. The maximum Gasteiger partial charge on any atom is 0.343 e. The van der Waals surface area contributed by atoms with Gasteiger partial charge in [-0.05, 0) is 41.5 Å². The van der Waals surface area contributed by atoms with Crippen LogP contribution in [0.2, 0.25) is 0 Å². The second-order valence-electron chi connectivity index (χ2n) is 6.14. The van der Waals surface area contributed by atoms with Crippen molar-refractivity contribution in [2.75, 3.05) is 7.11 Å². The van der Waals surface area contributed by atoms with Crippen LogP contribution in [-0.2, 0) is 0 Å². The Morgan fingerprint density at radius 1 is 1.00 bits per heavy atom. The molecule has 0 aromatic heterocycles. The topological polar surface area (TPSA) is 102 Å². The highest BCUT2D eigenvalue weighted by molar-refractivity contribution is 5.92. The molecule has 3 rings (SSSR count). The number of nitro benzene ring substituents is 1. The van der Waals surface area contributed by atoms with E-state index in [1.165, 1.54) is 31.4 Å². The van der Waals surface area contributed by atoms with E-state index >= 15 is 0 Å². The van der Waals surface area contributed by atoms with Crippen LogP contribution in [0.4, 0.5) is 5.69 Å². The van der Waals surface area contributed by atoms with Crippen molar-refractivity contribution in [3.63, 3.8) is 0 Å². The number of nitrogens with zero attached hydrogens (tertiary/aromatic N) is 2. The van der Waals surface area contributed by atoms with Crippen molar-refractivity contribution in [2.45, 2.75) is 0 Å². The maximum absolute atomic E-state index is 12.4. The predicted molar refractivity (Wildman–Crippen MR) is 111 cm³/mol. The van der Waals surface area contributed by atoms with Crippen molar-refractivity contribution >= 4 is 23.3 Å². The van der Waals surface area contributed by atoms with Gasteiger partial charge in [0.05, 0.1) is 29.2 Å². The average Bonchev–Trinajstić information content (AvgIpc) is 2.78. The lowest BCUT2D eigenvalue weighted by atomic mass is 10.0. The molecule has 0 spiro atoms. The molecule has 0 aliphatic carbocycles. The van der Waals surface area contributed by atoms with E-state index in [1.807, 2.05) is 30.3 Å². The summed E-state index contributed by atoms with van der Waals surface area (Å²) in [6, 6.07) is 21.4. The Bertz CT molecular complexity index is 1150. The number of allylic oxidation sites excluding steroid dienone is 1. The highest BCUT2D eigenvalue weighted by Crippen LogP contribution is 2.30. The van der Waals surface area contributed by atoms with Gasteiger partial charge in [0.2, 0.25) is 0 Å². The second kappa shape index (κ2) is 9.17. The van der Waals surface area contributed by atoms with Gasteiger partial charge in [0.25, 0.3) is 5.69 Å². The third kappa shape index (κ3) is 4.69. The van der Waals surface area contributed by atoms with E-state index in [0.29, 0.717) is 16.9 Å². The molecule has 3 aromatic carbocycles. The van der Waals surface area contributed by atoms with Crippen LogP contribution in [0, 0.1) is 21.4 Å². The van der Waals surface area contributed by atoms with Crippen molar-refractivity contribution in [1.82, 2.24) is 0 Å². The first-order chi connectivity index (χ1) is 14.5. The standard InChI is InChI=1S/C23H16N2O5/c1-29-22-14-16(13-19(15-24)17-5-3-2-4-6-17)7-12-21(22)30-23(26)18-8-10-20(11-9-18)25(27)28/h2-14H,1H3. The molecule has 0 saturated heterocycles. The van der Waals surface area contributed by atoms with E-state index < -0.39 is 10.9 Å². The fraction of sp³-hybridized carbons (Fsp3) is 0.0435. The highest BCUT2D eigenvalue weighted by atomic mass is 16.6. The monoisotopic (exact) mass is 400 g/mol. The molecule has 0 heterocycles. The van der Waals surface area contributed by atoms with Gasteiger partial charge in [-0.1, -0.05) is 36.4 Å². The number of hydrogen-bond acceptors (Lipinski definition) is 6. The summed E-state index contributed by atoms with van der Waals surface area (Å²) in [5.74, 6) is -0.172. The average molecular weight is 400 g/mol. The van der Waals surface area contributed by atoms with Crippen LogP contribution in [0.3, 0.4) is 0 Å². The molecule has 0 atom stereocenters. The summed E-state index contributed by atoms with van der Waals surface area (Å²) in [4.78, 5) is 22.5. The SMILES string of the molecule is COc1cc(C=C(C#N)c2ccccc2)ccc1OC(=O)c1ccc([N+](=O)[O-])cc1. The Morgan fingerprint density at radius 2 is 1.70 bits per heavy atom. The van der Waals surface area contributed by atoms with Crippen molar-refractivity contribution in [3.05, 3.63) is 99.6 Å². The molecule has 0 fully saturated rings. The van der Waals surface area contributed by atoms with E-state index in [0.717, 1.165) is 5.56 Å². The number of rotatable bonds is 6. The summed E-state index contributed by atoms with van der Waals surface area (Å²) in [7, 11) is 1.44. The molecule has 0 radical (unpaired) electrons. The minimum atomic E-state index is -0.673. The van der Waals surface area contributed by atoms with Gasteiger partial charge in [0.15, 0.2) is 11.5 Å². The summed E-state index contributed by atoms with van der Waals surface area (Å²) in [5.41, 5.74) is 2.01. The van der Waals surface area contributed by atoms with Crippen LogP contribution in [0.5, 0.6) is 11.5 Å². The number of nitro groups is 1. The summed E-state index contributed by atoms with van der Waals surface area (Å²) in [5, 5.41) is 20.2. The first-order valence-corrected chi connectivity index (χ1v) is 8.83. The maximum atomic E-state index is 12.4. The molecule has 0 aliphatic rings. The number of ether oxygens (including phenoxy) is 2. The zero-order chi connectivity index (χ0) is 21.5. The van der Waals surface area contributed by atoms with Gasteiger partial charge in [-0.2, -0.15) is 5.26 Å². The predicted octanol–water partition coefficient (Wildman–Crippen LogP) is 4.89. The number of non-ortho nitro benzene ring substituents is 1. The quantitative estimate of drug-likeness (QED) is 0.146. The van der Waals surface area contributed by atoms with Gasteiger partial charge in [-0.25, -0.2) is 4.79 Å². The number of esters is 1. The van der Waals surface area contributed by atoms with Gasteiger partial charge in [0, 0.05) is 12.1 Å². The van der Waals surface area contributed by atoms with E-state index in [-0.39, 0.29) is 17.0 Å². The van der Waals surface area contributed by atoms with Crippen LogP contribution in [0.25, 0.3) is 11.6 Å². The minimum absolute atomic E-state index is 0.119. The second-order valence-corrected chi connectivity index (χ2v) is 6.14. The number of carbonyl (C=O) groups excluding carboxylic acids is 1. The molecule has 0 amide bonds. The van der Waals surface area contributed by atoms with Crippen LogP contribution in [0.1, 0.15) is 21.5 Å². The summed E-state index contributed by atoms with van der Waals surface area (Å²) >= 11 is 0. The van der Waals surface area contributed by atoms with Crippen LogP contribution >= 0.6 is 0 Å².